The van der Waals surface area contributed by atoms with Crippen LogP contribution in [0.4, 0.5) is 0 Å². The predicted octanol–water partition coefficient (Wildman–Crippen LogP) is 7.69. The number of rotatable bonds is 21. The summed E-state index contributed by atoms with van der Waals surface area (Å²) in [5.74, 6) is -1.15. The van der Waals surface area contributed by atoms with E-state index in [2.05, 4.69) is 0 Å². The molecule has 0 aromatic carbocycles. The molecule has 8 heteroatoms. The van der Waals surface area contributed by atoms with Crippen LogP contribution in [-0.2, 0) is 38.1 Å². The zero-order valence-electron chi connectivity index (χ0n) is 28.8. The third-order valence-electron chi connectivity index (χ3n) is 7.40. The van der Waals surface area contributed by atoms with Crippen molar-refractivity contribution >= 4 is 23.9 Å². The number of unbranched alkanes of at least 4 members (excludes halogenated alkanes) is 5. The maximum absolute atomic E-state index is 12.5. The minimum atomic E-state index is -0.485. The SMILES string of the molecule is CC(C)C(=O)OCC(C)(C)C(OC(=O)CCCCCCCCC(=O)OCC(C)(C)C(OC(=O)C(C)C)C(C)C)C(C)C. The summed E-state index contributed by atoms with van der Waals surface area (Å²) in [6.07, 6.45) is 5.34. The summed E-state index contributed by atoms with van der Waals surface area (Å²) >= 11 is 0. The van der Waals surface area contributed by atoms with Crippen LogP contribution >= 0.6 is 0 Å². The summed E-state index contributed by atoms with van der Waals surface area (Å²) in [6, 6.07) is 0. The fraction of sp³-hybridized carbons (Fsp3) is 0.882. The highest BCUT2D eigenvalue weighted by Gasteiger charge is 2.38. The molecule has 2 unspecified atom stereocenters. The zero-order chi connectivity index (χ0) is 32.7. The molecule has 0 bridgehead atoms. The van der Waals surface area contributed by atoms with Gasteiger partial charge in [-0.3, -0.25) is 19.2 Å². The molecule has 246 valence electrons. The van der Waals surface area contributed by atoms with Gasteiger partial charge in [0.25, 0.3) is 0 Å². The summed E-state index contributed by atoms with van der Waals surface area (Å²) in [6.45, 7) is 23.5. The lowest BCUT2D eigenvalue weighted by Crippen LogP contribution is -2.42. The molecule has 0 saturated heterocycles. The molecular weight excluding hydrogens is 536 g/mol. The monoisotopic (exact) mass is 598 g/mol. The van der Waals surface area contributed by atoms with Crippen molar-refractivity contribution < 1.29 is 38.1 Å². The van der Waals surface area contributed by atoms with Crippen molar-refractivity contribution in [2.45, 2.75) is 147 Å². The topological polar surface area (TPSA) is 105 Å². The molecule has 0 aromatic rings. The first-order chi connectivity index (χ1) is 19.3. The molecule has 2 atom stereocenters. The van der Waals surface area contributed by atoms with Crippen LogP contribution in [0.15, 0.2) is 0 Å². The fourth-order valence-corrected chi connectivity index (χ4v) is 5.03. The Morgan fingerprint density at radius 2 is 0.881 bits per heavy atom. The van der Waals surface area contributed by atoms with Crippen molar-refractivity contribution in [2.24, 2.45) is 34.5 Å². The van der Waals surface area contributed by atoms with E-state index in [1.54, 1.807) is 13.8 Å². The highest BCUT2D eigenvalue weighted by molar-refractivity contribution is 5.72. The van der Waals surface area contributed by atoms with Crippen LogP contribution in [-0.4, -0.2) is 49.3 Å². The third-order valence-corrected chi connectivity index (χ3v) is 7.40. The molecule has 0 amide bonds. The van der Waals surface area contributed by atoms with Crippen molar-refractivity contribution in [3.63, 3.8) is 0 Å². The molecule has 0 aromatic heterocycles. The van der Waals surface area contributed by atoms with Gasteiger partial charge in [-0.05, 0) is 24.7 Å². The van der Waals surface area contributed by atoms with Crippen LogP contribution in [0.1, 0.15) is 134 Å². The Balaban J connectivity index is 4.31. The van der Waals surface area contributed by atoms with Crippen molar-refractivity contribution in [1.29, 1.82) is 0 Å². The smallest absolute Gasteiger partial charge is 0.308 e. The fourth-order valence-electron chi connectivity index (χ4n) is 5.03. The van der Waals surface area contributed by atoms with E-state index in [-0.39, 0.29) is 73.0 Å². The Bertz CT molecular complexity index is 825. The summed E-state index contributed by atoms with van der Waals surface area (Å²) in [7, 11) is 0. The number of hydrogen-bond donors (Lipinski definition) is 0. The standard InChI is InChI=1S/C34H62O8/c1-23(2)29(34(11,12)22-40-31(37)25(5)6)41-28(36)20-18-16-14-13-15-17-19-27(35)39-21-33(9,10)30(24(3)4)42-32(38)26(7)8/h23-26,29-30H,13-22H2,1-12H3. The molecule has 8 nitrogen and oxygen atoms in total. The van der Waals surface area contributed by atoms with Crippen LogP contribution in [0.5, 0.6) is 0 Å². The minimum Gasteiger partial charge on any atom is -0.465 e. The van der Waals surface area contributed by atoms with E-state index < -0.39 is 10.8 Å². The van der Waals surface area contributed by atoms with E-state index >= 15 is 0 Å². The van der Waals surface area contributed by atoms with Gasteiger partial charge in [0.05, 0.1) is 25.0 Å². The molecular formula is C34H62O8. The average Bonchev–Trinajstić information content (AvgIpc) is 2.88. The maximum Gasteiger partial charge on any atom is 0.308 e. The Morgan fingerprint density at radius 1 is 0.500 bits per heavy atom. The number of esters is 4. The lowest BCUT2D eigenvalue weighted by atomic mass is 9.81. The first-order valence-corrected chi connectivity index (χ1v) is 16.0. The summed E-state index contributed by atoms with van der Waals surface area (Å²) in [5.41, 5.74) is -0.969. The molecule has 0 saturated carbocycles. The first kappa shape index (κ1) is 39.9. The van der Waals surface area contributed by atoms with Crippen LogP contribution in [0.3, 0.4) is 0 Å². The van der Waals surface area contributed by atoms with E-state index in [0.29, 0.717) is 12.8 Å². The molecule has 0 aliphatic rings. The Morgan fingerprint density at radius 3 is 1.31 bits per heavy atom. The molecule has 0 spiro atoms. The second-order valence-corrected chi connectivity index (χ2v) is 14.4. The molecule has 0 fully saturated rings. The van der Waals surface area contributed by atoms with Crippen molar-refractivity contribution in [2.75, 3.05) is 13.2 Å². The predicted molar refractivity (Wildman–Crippen MR) is 166 cm³/mol. The van der Waals surface area contributed by atoms with Crippen molar-refractivity contribution in [3.05, 3.63) is 0 Å². The van der Waals surface area contributed by atoms with E-state index in [1.165, 1.54) is 0 Å². The third kappa shape index (κ3) is 15.9. The second kappa shape index (κ2) is 19.2. The van der Waals surface area contributed by atoms with Gasteiger partial charge in [0, 0.05) is 23.7 Å². The number of carbonyl (C=O) groups is 4. The van der Waals surface area contributed by atoms with Crippen LogP contribution in [0.25, 0.3) is 0 Å². The summed E-state index contributed by atoms with van der Waals surface area (Å²) < 4.78 is 22.5. The molecule has 42 heavy (non-hydrogen) atoms. The second-order valence-electron chi connectivity index (χ2n) is 14.4. The van der Waals surface area contributed by atoms with Gasteiger partial charge in [-0.2, -0.15) is 0 Å². The van der Waals surface area contributed by atoms with Gasteiger partial charge < -0.3 is 18.9 Å². The van der Waals surface area contributed by atoms with E-state index in [9.17, 15) is 19.2 Å². The van der Waals surface area contributed by atoms with Gasteiger partial charge in [0.1, 0.15) is 12.2 Å². The highest BCUT2D eigenvalue weighted by atomic mass is 16.6. The van der Waals surface area contributed by atoms with Gasteiger partial charge >= 0.3 is 23.9 Å². The summed E-state index contributed by atoms with van der Waals surface area (Å²) in [4.78, 5) is 48.9. The molecule has 0 N–H and O–H groups in total. The Labute approximate surface area is 256 Å². The Hall–Kier alpha value is -2.12. The van der Waals surface area contributed by atoms with Crippen molar-refractivity contribution in [3.8, 4) is 0 Å². The number of ether oxygens (including phenoxy) is 4. The molecule has 0 aliphatic heterocycles. The zero-order valence-corrected chi connectivity index (χ0v) is 28.8. The largest absolute Gasteiger partial charge is 0.465 e. The van der Waals surface area contributed by atoms with Gasteiger partial charge in [-0.1, -0.05) is 109 Å². The normalized spacial score (nSPS) is 13.8. The molecule has 0 aliphatic carbocycles. The van der Waals surface area contributed by atoms with Crippen LogP contribution < -0.4 is 0 Å². The van der Waals surface area contributed by atoms with Gasteiger partial charge in [0.2, 0.25) is 0 Å². The number of hydrogen-bond acceptors (Lipinski definition) is 8. The number of carbonyl (C=O) groups excluding carboxylic acids is 4. The lowest BCUT2D eigenvalue weighted by Gasteiger charge is -2.36. The molecule has 0 rings (SSSR count). The van der Waals surface area contributed by atoms with Gasteiger partial charge in [-0.15, -0.1) is 0 Å². The molecule has 0 heterocycles. The van der Waals surface area contributed by atoms with Crippen molar-refractivity contribution in [1.82, 2.24) is 0 Å². The Kier molecular flexibility index (Phi) is 18.2. The summed E-state index contributed by atoms with van der Waals surface area (Å²) in [5, 5.41) is 0. The minimum absolute atomic E-state index is 0.0958. The van der Waals surface area contributed by atoms with Gasteiger partial charge in [0.15, 0.2) is 0 Å². The van der Waals surface area contributed by atoms with E-state index in [0.717, 1.165) is 38.5 Å². The first-order valence-electron chi connectivity index (χ1n) is 16.0. The van der Waals surface area contributed by atoms with E-state index in [4.69, 9.17) is 18.9 Å². The highest BCUT2D eigenvalue weighted by Crippen LogP contribution is 2.31. The van der Waals surface area contributed by atoms with Crippen LogP contribution in [0, 0.1) is 34.5 Å². The van der Waals surface area contributed by atoms with Crippen LogP contribution in [0.2, 0.25) is 0 Å². The lowest BCUT2D eigenvalue weighted by molar-refractivity contribution is -0.169. The quantitative estimate of drug-likeness (QED) is 0.0752. The maximum atomic E-state index is 12.5. The van der Waals surface area contributed by atoms with Gasteiger partial charge in [-0.25, -0.2) is 0 Å². The average molecular weight is 599 g/mol. The van der Waals surface area contributed by atoms with E-state index in [1.807, 2.05) is 69.2 Å². The molecule has 0 radical (unpaired) electrons.